The first-order valence-corrected chi connectivity index (χ1v) is 9.27. The third-order valence-electron chi connectivity index (χ3n) is 4.95. The molecule has 2 aliphatic rings. The van der Waals surface area contributed by atoms with E-state index in [1.807, 2.05) is 12.1 Å². The lowest BCUT2D eigenvalue weighted by Crippen LogP contribution is -2.28. The minimum absolute atomic E-state index is 0.168. The van der Waals surface area contributed by atoms with Crippen LogP contribution < -0.4 is 14.8 Å². The van der Waals surface area contributed by atoms with E-state index in [1.165, 1.54) is 6.42 Å². The number of aromatic nitrogens is 3. The van der Waals surface area contributed by atoms with Crippen LogP contribution >= 0.6 is 0 Å². The summed E-state index contributed by atoms with van der Waals surface area (Å²) >= 11 is 0. The van der Waals surface area contributed by atoms with Crippen LogP contribution in [0.2, 0.25) is 0 Å². The Hall–Kier alpha value is -2.08. The van der Waals surface area contributed by atoms with Crippen LogP contribution in [0.4, 0.5) is 0 Å². The molecule has 6 nitrogen and oxygen atoms in total. The van der Waals surface area contributed by atoms with Crippen molar-refractivity contribution in [2.24, 2.45) is 5.92 Å². The Morgan fingerprint density at radius 3 is 2.92 bits per heavy atom. The molecule has 2 aromatic rings. The third-order valence-corrected chi connectivity index (χ3v) is 4.95. The number of para-hydroxylation sites is 1. The maximum Gasteiger partial charge on any atom is 0.165 e. The van der Waals surface area contributed by atoms with Crippen molar-refractivity contribution in [3.05, 3.63) is 35.4 Å². The lowest BCUT2D eigenvalue weighted by molar-refractivity contribution is 0.295. The van der Waals surface area contributed by atoms with E-state index in [2.05, 4.69) is 40.0 Å². The third kappa shape index (κ3) is 3.23. The lowest BCUT2D eigenvalue weighted by atomic mass is 10.0. The zero-order valence-electron chi connectivity index (χ0n) is 15.0. The predicted octanol–water partition coefficient (Wildman–Crippen LogP) is 2.87. The number of aryl methyl sites for hydroxylation is 1. The molecule has 1 aromatic carbocycles. The van der Waals surface area contributed by atoms with Crippen LogP contribution in [0.15, 0.2) is 18.2 Å². The van der Waals surface area contributed by atoms with Crippen molar-refractivity contribution in [1.82, 2.24) is 20.1 Å². The molecule has 0 aliphatic carbocycles. The van der Waals surface area contributed by atoms with E-state index >= 15 is 0 Å². The highest BCUT2D eigenvalue weighted by atomic mass is 16.5. The molecule has 1 atom stereocenters. The Morgan fingerprint density at radius 2 is 2.04 bits per heavy atom. The normalized spacial score (nSPS) is 17.4. The Bertz CT molecular complexity index is 741. The van der Waals surface area contributed by atoms with Gasteiger partial charge in [-0.05, 0) is 18.4 Å². The average Bonchev–Trinajstić information content (AvgIpc) is 3.12. The van der Waals surface area contributed by atoms with Gasteiger partial charge in [0.2, 0.25) is 0 Å². The van der Waals surface area contributed by atoms with E-state index in [1.54, 1.807) is 0 Å². The van der Waals surface area contributed by atoms with Crippen LogP contribution in [0.5, 0.6) is 11.5 Å². The second-order valence-electron chi connectivity index (χ2n) is 7.13. The molecule has 134 valence electrons. The molecule has 0 radical (unpaired) electrons. The first-order chi connectivity index (χ1) is 12.2. The summed E-state index contributed by atoms with van der Waals surface area (Å²) in [5, 5.41) is 12.5. The van der Waals surface area contributed by atoms with Crippen LogP contribution in [0.1, 0.15) is 49.9 Å². The van der Waals surface area contributed by atoms with E-state index in [9.17, 15) is 0 Å². The summed E-state index contributed by atoms with van der Waals surface area (Å²) in [5.41, 5.74) is 1.13. The molecule has 0 saturated carbocycles. The molecule has 0 unspecified atom stereocenters. The van der Waals surface area contributed by atoms with Gasteiger partial charge in [0.05, 0.1) is 19.3 Å². The van der Waals surface area contributed by atoms with Gasteiger partial charge < -0.3 is 19.4 Å². The van der Waals surface area contributed by atoms with Crippen LogP contribution in [-0.4, -0.2) is 28.0 Å². The van der Waals surface area contributed by atoms with Crippen LogP contribution in [0, 0.1) is 5.92 Å². The van der Waals surface area contributed by atoms with E-state index in [4.69, 9.17) is 9.47 Å². The molecule has 0 amide bonds. The quantitative estimate of drug-likeness (QED) is 0.905. The Labute approximate surface area is 148 Å². The number of hydrogen-bond donors (Lipinski definition) is 1. The first-order valence-electron chi connectivity index (χ1n) is 9.27. The summed E-state index contributed by atoms with van der Waals surface area (Å²) in [7, 11) is 0. The van der Waals surface area contributed by atoms with E-state index in [0.29, 0.717) is 19.1 Å². The van der Waals surface area contributed by atoms with Gasteiger partial charge in [-0.3, -0.25) is 0 Å². The van der Waals surface area contributed by atoms with E-state index in [0.717, 1.165) is 54.6 Å². The molecule has 4 rings (SSSR count). The maximum absolute atomic E-state index is 5.94. The number of nitrogens with one attached hydrogen (secondary N) is 1. The van der Waals surface area contributed by atoms with Gasteiger partial charge in [-0.15, -0.1) is 10.2 Å². The molecule has 3 heterocycles. The molecule has 0 saturated heterocycles. The molecular weight excluding hydrogens is 316 g/mol. The number of hydrogen-bond acceptors (Lipinski definition) is 5. The predicted molar refractivity (Wildman–Crippen MR) is 94.8 cm³/mol. The van der Waals surface area contributed by atoms with Crippen molar-refractivity contribution in [3.63, 3.8) is 0 Å². The number of rotatable bonds is 5. The highest BCUT2D eigenvalue weighted by Crippen LogP contribution is 2.34. The molecule has 6 heteroatoms. The van der Waals surface area contributed by atoms with Crippen molar-refractivity contribution in [3.8, 4) is 11.5 Å². The Balaban J connectivity index is 1.54. The van der Waals surface area contributed by atoms with E-state index in [-0.39, 0.29) is 6.04 Å². The zero-order valence-corrected chi connectivity index (χ0v) is 15.0. The standard InChI is InChI=1S/C19H26N4O2/c1-13(2)17(19-22-21-16-8-4-9-23(16)19)20-12-14-6-3-7-15-18(14)25-11-5-10-24-15/h3,6-7,13,17,20H,4-5,8-12H2,1-2H3/t17-/m0/s1. The summed E-state index contributed by atoms with van der Waals surface area (Å²) in [5.74, 6) is 4.32. The van der Waals surface area contributed by atoms with Crippen molar-refractivity contribution in [2.75, 3.05) is 13.2 Å². The van der Waals surface area contributed by atoms with Crippen molar-refractivity contribution >= 4 is 0 Å². The molecule has 0 bridgehead atoms. The summed E-state index contributed by atoms with van der Waals surface area (Å²) in [6, 6.07) is 6.28. The second kappa shape index (κ2) is 7.04. The van der Waals surface area contributed by atoms with Crippen LogP contribution in [-0.2, 0) is 19.5 Å². The number of benzene rings is 1. The lowest BCUT2D eigenvalue weighted by Gasteiger charge is -2.23. The number of nitrogens with zero attached hydrogens (tertiary/aromatic N) is 3. The highest BCUT2D eigenvalue weighted by molar-refractivity contribution is 5.47. The van der Waals surface area contributed by atoms with E-state index < -0.39 is 0 Å². The van der Waals surface area contributed by atoms with Gasteiger partial charge >= 0.3 is 0 Å². The fourth-order valence-electron chi connectivity index (χ4n) is 3.64. The highest BCUT2D eigenvalue weighted by Gasteiger charge is 2.26. The maximum atomic E-state index is 5.94. The second-order valence-corrected chi connectivity index (χ2v) is 7.13. The Morgan fingerprint density at radius 1 is 1.16 bits per heavy atom. The van der Waals surface area contributed by atoms with Crippen molar-refractivity contribution in [2.45, 2.75) is 52.2 Å². The molecule has 0 fully saturated rings. The molecular formula is C19H26N4O2. The van der Waals surface area contributed by atoms with Crippen molar-refractivity contribution in [1.29, 1.82) is 0 Å². The summed E-state index contributed by atoms with van der Waals surface area (Å²) in [6.07, 6.45) is 3.12. The largest absolute Gasteiger partial charge is 0.490 e. The van der Waals surface area contributed by atoms with Gasteiger partial charge in [-0.2, -0.15) is 0 Å². The number of ether oxygens (including phenoxy) is 2. The topological polar surface area (TPSA) is 61.2 Å². The zero-order chi connectivity index (χ0) is 17.2. The van der Waals surface area contributed by atoms with Gasteiger partial charge in [0, 0.05) is 31.5 Å². The monoisotopic (exact) mass is 342 g/mol. The summed E-state index contributed by atoms with van der Waals surface area (Å²) < 4.78 is 14.0. The van der Waals surface area contributed by atoms with Crippen molar-refractivity contribution < 1.29 is 9.47 Å². The average molecular weight is 342 g/mol. The van der Waals surface area contributed by atoms with Gasteiger partial charge in [0.1, 0.15) is 11.6 Å². The van der Waals surface area contributed by atoms with Gasteiger partial charge in [0.25, 0.3) is 0 Å². The fourth-order valence-corrected chi connectivity index (χ4v) is 3.64. The molecule has 0 spiro atoms. The fraction of sp³-hybridized carbons (Fsp3) is 0.579. The molecule has 25 heavy (non-hydrogen) atoms. The number of fused-ring (bicyclic) bond motifs is 2. The smallest absolute Gasteiger partial charge is 0.165 e. The molecule has 1 aromatic heterocycles. The molecule has 1 N–H and O–H groups in total. The van der Waals surface area contributed by atoms with Gasteiger partial charge in [0.15, 0.2) is 11.5 Å². The summed E-state index contributed by atoms with van der Waals surface area (Å²) in [4.78, 5) is 0. The first kappa shape index (κ1) is 16.4. The van der Waals surface area contributed by atoms with Gasteiger partial charge in [-0.25, -0.2) is 0 Å². The summed E-state index contributed by atoms with van der Waals surface area (Å²) in [6.45, 7) is 7.61. The van der Waals surface area contributed by atoms with Crippen LogP contribution in [0.3, 0.4) is 0 Å². The Kier molecular flexibility index (Phi) is 4.61. The minimum Gasteiger partial charge on any atom is -0.490 e. The minimum atomic E-state index is 0.168. The molecule has 2 aliphatic heterocycles. The van der Waals surface area contributed by atoms with Gasteiger partial charge in [-0.1, -0.05) is 26.0 Å². The van der Waals surface area contributed by atoms with Crippen LogP contribution in [0.25, 0.3) is 0 Å². The SMILES string of the molecule is CC(C)[C@H](NCc1cccc2c1OCCCO2)c1nnc2n1CCC2.